The molecule has 1 aliphatic heterocycles. The highest BCUT2D eigenvalue weighted by atomic mass is 35.5. The van der Waals surface area contributed by atoms with Gasteiger partial charge in [-0.15, -0.1) is 0 Å². The van der Waals surface area contributed by atoms with E-state index in [0.29, 0.717) is 30.1 Å². The maximum atomic E-state index is 11.3. The molecule has 18 heavy (non-hydrogen) atoms. The van der Waals surface area contributed by atoms with E-state index in [1.54, 1.807) is 12.1 Å². The van der Waals surface area contributed by atoms with Crippen LogP contribution in [0.3, 0.4) is 0 Å². The molecule has 6 heteroatoms. The topological polar surface area (TPSA) is 63.5 Å². The zero-order chi connectivity index (χ0) is 13.1. The van der Waals surface area contributed by atoms with Crippen LogP contribution in [0.4, 0.5) is 5.69 Å². The van der Waals surface area contributed by atoms with Crippen LogP contribution in [-0.2, 0) is 11.3 Å². The van der Waals surface area contributed by atoms with Crippen molar-refractivity contribution in [3.63, 3.8) is 0 Å². The normalized spacial score (nSPS) is 16.8. The Labute approximate surface area is 109 Å². The Morgan fingerprint density at radius 3 is 2.89 bits per heavy atom. The molecule has 0 bridgehead atoms. The van der Waals surface area contributed by atoms with Gasteiger partial charge in [-0.3, -0.25) is 19.8 Å². The number of ketones is 1. The lowest BCUT2D eigenvalue weighted by Crippen LogP contribution is -2.35. The van der Waals surface area contributed by atoms with E-state index in [4.69, 9.17) is 11.6 Å². The molecule has 0 spiro atoms. The molecule has 0 radical (unpaired) electrons. The van der Waals surface area contributed by atoms with E-state index in [2.05, 4.69) is 0 Å². The van der Waals surface area contributed by atoms with Crippen molar-refractivity contribution < 1.29 is 9.72 Å². The van der Waals surface area contributed by atoms with Crippen LogP contribution in [0.1, 0.15) is 18.4 Å². The van der Waals surface area contributed by atoms with Crippen molar-refractivity contribution in [2.75, 3.05) is 13.1 Å². The van der Waals surface area contributed by atoms with Crippen LogP contribution >= 0.6 is 11.6 Å². The van der Waals surface area contributed by atoms with Crippen molar-refractivity contribution in [2.45, 2.75) is 19.4 Å². The smallest absolute Gasteiger partial charge is 0.275 e. The number of nitrogens with zero attached hydrogens (tertiary/aromatic N) is 2. The lowest BCUT2D eigenvalue weighted by atomic mass is 10.1. The molecule has 0 aliphatic carbocycles. The van der Waals surface area contributed by atoms with Gasteiger partial charge in [0.25, 0.3) is 5.69 Å². The molecule has 1 saturated heterocycles. The summed E-state index contributed by atoms with van der Waals surface area (Å²) in [4.78, 5) is 23.8. The maximum absolute atomic E-state index is 11.3. The average molecular weight is 269 g/mol. The largest absolute Gasteiger partial charge is 0.298 e. The Morgan fingerprint density at radius 2 is 2.22 bits per heavy atom. The molecule has 1 aromatic carbocycles. The number of likely N-dealkylation sites (tertiary alicyclic amines) is 1. The lowest BCUT2D eigenvalue weighted by molar-refractivity contribution is -0.385. The maximum Gasteiger partial charge on any atom is 0.275 e. The number of hydrogen-bond donors (Lipinski definition) is 0. The third-order valence-electron chi connectivity index (χ3n) is 2.97. The van der Waals surface area contributed by atoms with Gasteiger partial charge in [-0.2, -0.15) is 0 Å². The molecule has 1 fully saturated rings. The Hall–Kier alpha value is -1.46. The van der Waals surface area contributed by atoms with E-state index in [1.807, 2.05) is 4.90 Å². The fraction of sp³-hybridized carbons (Fsp3) is 0.417. The quantitative estimate of drug-likeness (QED) is 0.624. The Balaban J connectivity index is 2.17. The summed E-state index contributed by atoms with van der Waals surface area (Å²) >= 11 is 5.75. The van der Waals surface area contributed by atoms with Crippen LogP contribution in [0, 0.1) is 10.1 Å². The van der Waals surface area contributed by atoms with Crippen LogP contribution in [0.5, 0.6) is 0 Å². The van der Waals surface area contributed by atoms with Gasteiger partial charge in [0.1, 0.15) is 5.78 Å². The second-order valence-corrected chi connectivity index (χ2v) is 4.82. The summed E-state index contributed by atoms with van der Waals surface area (Å²) < 4.78 is 0. The summed E-state index contributed by atoms with van der Waals surface area (Å²) in [5.41, 5.74) is 0.611. The fourth-order valence-electron chi connectivity index (χ4n) is 2.12. The van der Waals surface area contributed by atoms with E-state index >= 15 is 0 Å². The van der Waals surface area contributed by atoms with Gasteiger partial charge in [-0.05, 0) is 25.1 Å². The molecule has 0 N–H and O–H groups in total. The number of rotatable bonds is 3. The molecule has 5 nitrogen and oxygen atoms in total. The fourth-order valence-corrected chi connectivity index (χ4v) is 2.29. The number of hydrogen-bond acceptors (Lipinski definition) is 4. The molecular weight excluding hydrogens is 256 g/mol. The van der Waals surface area contributed by atoms with Crippen molar-refractivity contribution in [3.05, 3.63) is 38.9 Å². The zero-order valence-corrected chi connectivity index (χ0v) is 10.5. The van der Waals surface area contributed by atoms with Crippen LogP contribution in [0.15, 0.2) is 18.2 Å². The van der Waals surface area contributed by atoms with Crippen molar-refractivity contribution in [2.24, 2.45) is 0 Å². The summed E-state index contributed by atoms with van der Waals surface area (Å²) in [5.74, 6) is 0.192. The van der Waals surface area contributed by atoms with Crippen molar-refractivity contribution in [3.8, 4) is 0 Å². The molecule has 0 amide bonds. The van der Waals surface area contributed by atoms with Crippen LogP contribution < -0.4 is 0 Å². The Morgan fingerprint density at radius 1 is 1.44 bits per heavy atom. The molecule has 0 saturated carbocycles. The summed E-state index contributed by atoms with van der Waals surface area (Å²) in [6, 6.07) is 4.64. The summed E-state index contributed by atoms with van der Waals surface area (Å²) in [5, 5.41) is 11.3. The Kier molecular flexibility index (Phi) is 3.93. The number of carbonyl (C=O) groups excluding carboxylic acids is 1. The summed E-state index contributed by atoms with van der Waals surface area (Å²) in [6.45, 7) is 1.59. The molecule has 1 heterocycles. The van der Waals surface area contributed by atoms with Gasteiger partial charge in [0.05, 0.1) is 11.5 Å². The van der Waals surface area contributed by atoms with E-state index in [1.165, 1.54) is 6.07 Å². The van der Waals surface area contributed by atoms with Gasteiger partial charge in [-0.1, -0.05) is 11.6 Å². The highest BCUT2D eigenvalue weighted by molar-refractivity contribution is 6.30. The minimum Gasteiger partial charge on any atom is -0.298 e. The molecule has 2 rings (SSSR count). The monoisotopic (exact) mass is 268 g/mol. The predicted octanol–water partition coefficient (Wildman–Crippen LogP) is 2.41. The van der Waals surface area contributed by atoms with Gasteiger partial charge in [0, 0.05) is 29.6 Å². The molecule has 0 unspecified atom stereocenters. The number of nitro benzene ring substituents is 1. The van der Waals surface area contributed by atoms with Crippen molar-refractivity contribution >= 4 is 23.1 Å². The first-order valence-corrected chi connectivity index (χ1v) is 6.11. The van der Waals surface area contributed by atoms with Crippen LogP contribution in [0.25, 0.3) is 0 Å². The van der Waals surface area contributed by atoms with Gasteiger partial charge in [0.2, 0.25) is 0 Å². The molecular formula is C12H13ClN2O3. The molecule has 1 aliphatic rings. The van der Waals surface area contributed by atoms with E-state index < -0.39 is 4.92 Å². The number of nitro groups is 1. The lowest BCUT2D eigenvalue weighted by Gasteiger charge is -2.25. The Bertz CT molecular complexity index is 490. The zero-order valence-electron chi connectivity index (χ0n) is 9.76. The number of piperidine rings is 1. The van der Waals surface area contributed by atoms with Gasteiger partial charge in [0.15, 0.2) is 0 Å². The van der Waals surface area contributed by atoms with Gasteiger partial charge in [-0.25, -0.2) is 0 Å². The predicted molar refractivity (Wildman–Crippen MR) is 67.6 cm³/mol. The highest BCUT2D eigenvalue weighted by Crippen LogP contribution is 2.25. The highest BCUT2D eigenvalue weighted by Gasteiger charge is 2.21. The van der Waals surface area contributed by atoms with Crippen LogP contribution in [0.2, 0.25) is 5.02 Å². The third-order valence-corrected chi connectivity index (χ3v) is 3.20. The van der Waals surface area contributed by atoms with Crippen molar-refractivity contribution in [1.82, 2.24) is 4.90 Å². The van der Waals surface area contributed by atoms with Gasteiger partial charge < -0.3 is 0 Å². The van der Waals surface area contributed by atoms with E-state index in [9.17, 15) is 14.9 Å². The molecule has 0 atom stereocenters. The number of halogens is 1. The average Bonchev–Trinajstić information content (AvgIpc) is 2.31. The second-order valence-electron chi connectivity index (χ2n) is 4.38. The minimum atomic E-state index is -0.438. The first-order chi connectivity index (χ1) is 8.56. The van der Waals surface area contributed by atoms with Crippen molar-refractivity contribution in [1.29, 1.82) is 0 Å². The summed E-state index contributed by atoms with van der Waals surface area (Å²) in [6.07, 6.45) is 1.43. The second kappa shape index (κ2) is 5.46. The minimum absolute atomic E-state index is 0.0144. The molecule has 0 aromatic heterocycles. The first-order valence-electron chi connectivity index (χ1n) is 5.73. The van der Waals surface area contributed by atoms with E-state index in [-0.39, 0.29) is 11.5 Å². The summed E-state index contributed by atoms with van der Waals surface area (Å²) in [7, 11) is 0. The standard InChI is InChI=1S/C12H13ClN2O3/c13-10-4-3-9(12(6-10)15(17)18)7-14-5-1-2-11(16)8-14/h3-4,6H,1-2,5,7-8H2. The van der Waals surface area contributed by atoms with Crippen LogP contribution in [-0.4, -0.2) is 28.7 Å². The first kappa shape index (κ1) is 13.0. The number of carbonyl (C=O) groups is 1. The van der Waals surface area contributed by atoms with E-state index in [0.717, 1.165) is 13.0 Å². The number of Topliss-reactive ketones (excluding diaryl/α,β-unsaturated/α-hetero) is 1. The van der Waals surface area contributed by atoms with Gasteiger partial charge >= 0.3 is 0 Å². The number of benzene rings is 1. The molecule has 96 valence electrons. The third kappa shape index (κ3) is 3.05. The molecule has 1 aromatic rings. The SMILES string of the molecule is O=C1CCCN(Cc2ccc(Cl)cc2[N+](=O)[O-])C1.